The van der Waals surface area contributed by atoms with E-state index in [1.54, 1.807) is 0 Å². The monoisotopic (exact) mass is 251 g/mol. The predicted octanol–water partition coefficient (Wildman–Crippen LogP) is 0.914. The number of nitrogens with zero attached hydrogens (tertiary/aromatic N) is 1. The quantitative estimate of drug-likeness (QED) is 0.756. The van der Waals surface area contributed by atoms with E-state index >= 15 is 0 Å². The molecule has 1 aromatic rings. The maximum atomic E-state index is 11.6. The van der Waals surface area contributed by atoms with Crippen LogP contribution in [0.2, 0.25) is 0 Å². The molecule has 0 aliphatic heterocycles. The van der Waals surface area contributed by atoms with E-state index in [-0.39, 0.29) is 5.91 Å². The lowest BCUT2D eigenvalue weighted by Gasteiger charge is -2.10. The van der Waals surface area contributed by atoms with Gasteiger partial charge in [-0.25, -0.2) is 0 Å². The standard InChI is InChI=1S/C13H21N3O2/c1-16(2)9-7-13(17)15-11-3-5-12(6-4-11)18-10-8-14/h3-6H,7-10,14H2,1-2H3,(H,15,17). The van der Waals surface area contributed by atoms with Gasteiger partial charge in [-0.2, -0.15) is 0 Å². The Labute approximate surface area is 108 Å². The van der Waals surface area contributed by atoms with E-state index in [2.05, 4.69) is 5.32 Å². The van der Waals surface area contributed by atoms with Gasteiger partial charge in [0.15, 0.2) is 0 Å². The predicted molar refractivity (Wildman–Crippen MR) is 72.8 cm³/mol. The number of rotatable bonds is 7. The molecule has 0 heterocycles. The lowest BCUT2D eigenvalue weighted by Crippen LogP contribution is -2.20. The van der Waals surface area contributed by atoms with Gasteiger partial charge >= 0.3 is 0 Å². The molecule has 0 aromatic heterocycles. The average Bonchev–Trinajstić information content (AvgIpc) is 2.35. The molecule has 0 fully saturated rings. The first-order valence-corrected chi connectivity index (χ1v) is 5.99. The maximum absolute atomic E-state index is 11.6. The van der Waals surface area contributed by atoms with Gasteiger partial charge in [0.1, 0.15) is 12.4 Å². The summed E-state index contributed by atoms with van der Waals surface area (Å²) in [7, 11) is 3.88. The topological polar surface area (TPSA) is 67.6 Å². The maximum Gasteiger partial charge on any atom is 0.225 e. The van der Waals surface area contributed by atoms with Crippen molar-refractivity contribution in [2.75, 3.05) is 39.1 Å². The zero-order chi connectivity index (χ0) is 13.4. The summed E-state index contributed by atoms with van der Waals surface area (Å²) in [5.74, 6) is 0.770. The second kappa shape index (κ2) is 7.68. The Balaban J connectivity index is 2.40. The van der Waals surface area contributed by atoms with E-state index in [9.17, 15) is 4.79 Å². The molecule has 3 N–H and O–H groups in total. The Morgan fingerprint density at radius 1 is 1.33 bits per heavy atom. The first kappa shape index (κ1) is 14.5. The third-order valence-electron chi connectivity index (χ3n) is 2.31. The van der Waals surface area contributed by atoms with Crippen LogP contribution in [0, 0.1) is 0 Å². The summed E-state index contributed by atoms with van der Waals surface area (Å²) < 4.78 is 5.35. The van der Waals surface area contributed by atoms with Gasteiger partial charge in [-0.05, 0) is 38.4 Å². The van der Waals surface area contributed by atoms with Crippen LogP contribution in [0.4, 0.5) is 5.69 Å². The molecule has 0 spiro atoms. The van der Waals surface area contributed by atoms with Crippen LogP contribution < -0.4 is 15.8 Å². The van der Waals surface area contributed by atoms with Gasteiger partial charge in [0.2, 0.25) is 5.91 Å². The van der Waals surface area contributed by atoms with Crippen LogP contribution in [-0.2, 0) is 4.79 Å². The lowest BCUT2D eigenvalue weighted by atomic mass is 10.3. The highest BCUT2D eigenvalue weighted by molar-refractivity contribution is 5.90. The number of hydrogen-bond acceptors (Lipinski definition) is 4. The van der Waals surface area contributed by atoms with Crippen LogP contribution >= 0.6 is 0 Å². The van der Waals surface area contributed by atoms with Gasteiger partial charge in [-0.15, -0.1) is 0 Å². The Kier molecular flexibility index (Phi) is 6.18. The second-order valence-electron chi connectivity index (χ2n) is 4.26. The first-order valence-electron chi connectivity index (χ1n) is 5.99. The number of benzene rings is 1. The molecule has 100 valence electrons. The molecule has 18 heavy (non-hydrogen) atoms. The zero-order valence-corrected chi connectivity index (χ0v) is 11.0. The minimum atomic E-state index is 0.0133. The summed E-state index contributed by atoms with van der Waals surface area (Å²) in [4.78, 5) is 13.6. The summed E-state index contributed by atoms with van der Waals surface area (Å²) in [5.41, 5.74) is 6.12. The van der Waals surface area contributed by atoms with E-state index in [1.165, 1.54) is 0 Å². The minimum Gasteiger partial charge on any atom is -0.492 e. The van der Waals surface area contributed by atoms with Crippen molar-refractivity contribution >= 4 is 11.6 Å². The lowest BCUT2D eigenvalue weighted by molar-refractivity contribution is -0.116. The highest BCUT2D eigenvalue weighted by atomic mass is 16.5. The smallest absolute Gasteiger partial charge is 0.225 e. The van der Waals surface area contributed by atoms with E-state index in [4.69, 9.17) is 10.5 Å². The van der Waals surface area contributed by atoms with Crippen molar-refractivity contribution in [3.05, 3.63) is 24.3 Å². The van der Waals surface area contributed by atoms with Crippen LogP contribution in [0.5, 0.6) is 5.75 Å². The fraction of sp³-hybridized carbons (Fsp3) is 0.462. The van der Waals surface area contributed by atoms with Crippen molar-refractivity contribution in [2.45, 2.75) is 6.42 Å². The molecule has 1 rings (SSSR count). The van der Waals surface area contributed by atoms with Gasteiger partial charge in [-0.1, -0.05) is 0 Å². The molecule has 0 aliphatic rings. The summed E-state index contributed by atoms with van der Waals surface area (Å²) in [6.45, 7) is 1.72. The van der Waals surface area contributed by atoms with Crippen molar-refractivity contribution < 1.29 is 9.53 Å². The first-order chi connectivity index (χ1) is 8.61. The SMILES string of the molecule is CN(C)CCC(=O)Nc1ccc(OCCN)cc1. The molecule has 1 aromatic carbocycles. The van der Waals surface area contributed by atoms with Crippen LogP contribution in [0.1, 0.15) is 6.42 Å². The highest BCUT2D eigenvalue weighted by Gasteiger charge is 2.03. The molecule has 1 amide bonds. The van der Waals surface area contributed by atoms with Gasteiger partial charge in [0.25, 0.3) is 0 Å². The number of anilines is 1. The van der Waals surface area contributed by atoms with E-state index < -0.39 is 0 Å². The third-order valence-corrected chi connectivity index (χ3v) is 2.31. The molecule has 0 saturated carbocycles. The van der Waals surface area contributed by atoms with E-state index in [1.807, 2.05) is 43.3 Å². The molecule has 0 bridgehead atoms. The number of nitrogens with two attached hydrogens (primary N) is 1. The Morgan fingerprint density at radius 2 is 2.00 bits per heavy atom. The highest BCUT2D eigenvalue weighted by Crippen LogP contribution is 2.15. The third kappa shape index (κ3) is 5.65. The average molecular weight is 251 g/mol. The summed E-state index contributed by atoms with van der Waals surface area (Å²) in [6.07, 6.45) is 0.485. The molecular formula is C13H21N3O2. The molecule has 0 atom stereocenters. The molecular weight excluding hydrogens is 230 g/mol. The minimum absolute atomic E-state index is 0.0133. The normalized spacial score (nSPS) is 10.4. The number of amides is 1. The molecule has 0 radical (unpaired) electrons. The molecule has 5 nitrogen and oxygen atoms in total. The largest absolute Gasteiger partial charge is 0.492 e. The number of carbonyl (C=O) groups is 1. The Morgan fingerprint density at radius 3 is 2.56 bits per heavy atom. The summed E-state index contributed by atoms with van der Waals surface area (Å²) in [5, 5.41) is 2.83. The van der Waals surface area contributed by atoms with Crippen LogP contribution in [0.15, 0.2) is 24.3 Å². The Hall–Kier alpha value is -1.59. The van der Waals surface area contributed by atoms with E-state index in [0.717, 1.165) is 18.0 Å². The summed E-state index contributed by atoms with van der Waals surface area (Å²) in [6, 6.07) is 7.27. The van der Waals surface area contributed by atoms with Crippen molar-refractivity contribution in [2.24, 2.45) is 5.73 Å². The molecule has 5 heteroatoms. The second-order valence-corrected chi connectivity index (χ2v) is 4.26. The van der Waals surface area contributed by atoms with Crippen molar-refractivity contribution in [1.82, 2.24) is 4.90 Å². The van der Waals surface area contributed by atoms with Crippen molar-refractivity contribution in [1.29, 1.82) is 0 Å². The fourth-order valence-electron chi connectivity index (χ4n) is 1.36. The zero-order valence-electron chi connectivity index (χ0n) is 11.0. The van der Waals surface area contributed by atoms with Gasteiger partial charge in [-0.3, -0.25) is 4.79 Å². The number of ether oxygens (including phenoxy) is 1. The van der Waals surface area contributed by atoms with Crippen LogP contribution in [-0.4, -0.2) is 44.6 Å². The van der Waals surface area contributed by atoms with Crippen molar-refractivity contribution in [3.8, 4) is 5.75 Å². The number of hydrogen-bond donors (Lipinski definition) is 2. The molecule has 0 unspecified atom stereocenters. The summed E-state index contributed by atoms with van der Waals surface area (Å²) >= 11 is 0. The van der Waals surface area contributed by atoms with E-state index in [0.29, 0.717) is 19.6 Å². The molecule has 0 saturated heterocycles. The van der Waals surface area contributed by atoms with Crippen molar-refractivity contribution in [3.63, 3.8) is 0 Å². The van der Waals surface area contributed by atoms with Gasteiger partial charge in [0.05, 0.1) is 0 Å². The molecule has 0 aliphatic carbocycles. The Bertz CT molecular complexity index is 363. The number of nitrogens with one attached hydrogen (secondary N) is 1. The van der Waals surface area contributed by atoms with Gasteiger partial charge in [0, 0.05) is 25.2 Å². The van der Waals surface area contributed by atoms with Crippen LogP contribution in [0.3, 0.4) is 0 Å². The fourth-order valence-corrected chi connectivity index (χ4v) is 1.36. The van der Waals surface area contributed by atoms with Crippen LogP contribution in [0.25, 0.3) is 0 Å². The van der Waals surface area contributed by atoms with Gasteiger partial charge < -0.3 is 20.7 Å². The number of carbonyl (C=O) groups excluding carboxylic acids is 1.